The zero-order valence-electron chi connectivity index (χ0n) is 16.0. The van der Waals surface area contributed by atoms with Gasteiger partial charge >= 0.3 is 0 Å². The topological polar surface area (TPSA) is 60.0 Å². The lowest BCUT2D eigenvalue weighted by molar-refractivity contribution is -0.117. The lowest BCUT2D eigenvalue weighted by Crippen LogP contribution is -2.32. The third-order valence-corrected chi connectivity index (χ3v) is 4.84. The van der Waals surface area contributed by atoms with Crippen molar-refractivity contribution in [2.24, 2.45) is 0 Å². The molecular formula is C21H26N2O4. The van der Waals surface area contributed by atoms with Crippen LogP contribution in [-0.4, -0.2) is 45.2 Å². The highest BCUT2D eigenvalue weighted by Gasteiger charge is 2.27. The molecule has 2 aromatic carbocycles. The summed E-state index contributed by atoms with van der Waals surface area (Å²) in [5.74, 6) is 1.46. The summed E-state index contributed by atoms with van der Waals surface area (Å²) in [5, 5.41) is 2.95. The van der Waals surface area contributed by atoms with Gasteiger partial charge in [0.1, 0.15) is 0 Å². The quantitative estimate of drug-likeness (QED) is 0.808. The zero-order chi connectivity index (χ0) is 19.2. The molecule has 6 heteroatoms. The van der Waals surface area contributed by atoms with Crippen molar-refractivity contribution in [3.8, 4) is 17.2 Å². The van der Waals surface area contributed by atoms with Crippen LogP contribution in [0.2, 0.25) is 0 Å². The summed E-state index contributed by atoms with van der Waals surface area (Å²) in [5.41, 5.74) is 1.88. The Morgan fingerprint density at radius 3 is 2.33 bits per heavy atom. The summed E-state index contributed by atoms with van der Waals surface area (Å²) in [4.78, 5) is 14.9. The van der Waals surface area contributed by atoms with Crippen LogP contribution in [0.1, 0.15) is 24.4 Å². The molecule has 0 spiro atoms. The van der Waals surface area contributed by atoms with Gasteiger partial charge < -0.3 is 19.5 Å². The Hall–Kier alpha value is -2.73. The Bertz CT molecular complexity index is 754. The fraction of sp³-hybridized carbons (Fsp3) is 0.381. The number of benzene rings is 2. The number of ether oxygens (including phenoxy) is 3. The van der Waals surface area contributed by atoms with Gasteiger partial charge in [-0.3, -0.25) is 9.69 Å². The number of amides is 1. The number of anilines is 1. The highest BCUT2D eigenvalue weighted by atomic mass is 16.5. The third kappa shape index (κ3) is 4.34. The van der Waals surface area contributed by atoms with Crippen LogP contribution in [0.15, 0.2) is 42.5 Å². The van der Waals surface area contributed by atoms with E-state index in [4.69, 9.17) is 14.2 Å². The minimum atomic E-state index is -0.0629. The van der Waals surface area contributed by atoms with Gasteiger partial charge in [0, 0.05) is 23.9 Å². The van der Waals surface area contributed by atoms with Crippen LogP contribution in [0, 0.1) is 0 Å². The van der Waals surface area contributed by atoms with Crippen molar-refractivity contribution < 1.29 is 19.0 Å². The van der Waals surface area contributed by atoms with E-state index in [1.54, 1.807) is 33.5 Å². The molecule has 1 heterocycles. The first-order chi connectivity index (χ1) is 13.2. The summed E-state index contributed by atoms with van der Waals surface area (Å²) >= 11 is 0. The monoisotopic (exact) mass is 370 g/mol. The van der Waals surface area contributed by atoms with Gasteiger partial charge in [-0.1, -0.05) is 30.3 Å². The zero-order valence-corrected chi connectivity index (χ0v) is 16.0. The maximum Gasteiger partial charge on any atom is 0.238 e. The van der Waals surface area contributed by atoms with Crippen LogP contribution < -0.4 is 19.5 Å². The van der Waals surface area contributed by atoms with Crippen LogP contribution in [0.5, 0.6) is 17.2 Å². The van der Waals surface area contributed by atoms with Crippen molar-refractivity contribution in [1.29, 1.82) is 0 Å². The maximum atomic E-state index is 12.6. The molecule has 144 valence electrons. The highest BCUT2D eigenvalue weighted by molar-refractivity contribution is 5.93. The summed E-state index contributed by atoms with van der Waals surface area (Å²) < 4.78 is 16.0. The van der Waals surface area contributed by atoms with Gasteiger partial charge in [0.2, 0.25) is 11.7 Å². The first-order valence-electron chi connectivity index (χ1n) is 9.05. The van der Waals surface area contributed by atoms with Crippen LogP contribution in [0.3, 0.4) is 0 Å². The smallest absolute Gasteiger partial charge is 0.238 e. The van der Waals surface area contributed by atoms with E-state index in [9.17, 15) is 4.79 Å². The summed E-state index contributed by atoms with van der Waals surface area (Å²) in [6.07, 6.45) is 2.17. The average molecular weight is 370 g/mol. The van der Waals surface area contributed by atoms with Crippen molar-refractivity contribution >= 4 is 11.6 Å². The molecule has 0 radical (unpaired) electrons. The van der Waals surface area contributed by atoms with Crippen LogP contribution in [-0.2, 0) is 4.79 Å². The molecule has 1 aliphatic heterocycles. The normalized spacial score (nSPS) is 16.8. The Balaban J connectivity index is 1.70. The van der Waals surface area contributed by atoms with Crippen molar-refractivity contribution in [2.45, 2.75) is 18.9 Å². The molecule has 1 unspecified atom stereocenters. The molecule has 3 rings (SSSR count). The van der Waals surface area contributed by atoms with E-state index in [1.165, 1.54) is 5.56 Å². The number of likely N-dealkylation sites (tertiary alicyclic amines) is 1. The number of nitrogens with zero attached hydrogens (tertiary/aromatic N) is 1. The van der Waals surface area contributed by atoms with E-state index >= 15 is 0 Å². The van der Waals surface area contributed by atoms with Gasteiger partial charge in [-0.15, -0.1) is 0 Å². The Kier molecular flexibility index (Phi) is 6.19. The minimum absolute atomic E-state index is 0.0629. The molecule has 2 aromatic rings. The Labute approximate surface area is 160 Å². The molecule has 1 N–H and O–H groups in total. The van der Waals surface area contributed by atoms with Gasteiger partial charge in [0.25, 0.3) is 0 Å². The Morgan fingerprint density at radius 1 is 1.07 bits per heavy atom. The van der Waals surface area contributed by atoms with E-state index in [1.807, 2.05) is 18.2 Å². The van der Waals surface area contributed by atoms with Gasteiger partial charge in [0.15, 0.2) is 11.5 Å². The molecule has 27 heavy (non-hydrogen) atoms. The molecular weight excluding hydrogens is 344 g/mol. The predicted octanol–water partition coefficient (Wildman–Crippen LogP) is 3.49. The Morgan fingerprint density at radius 2 is 1.74 bits per heavy atom. The number of hydrogen-bond donors (Lipinski definition) is 1. The van der Waals surface area contributed by atoms with Gasteiger partial charge in [-0.2, -0.15) is 0 Å². The second-order valence-corrected chi connectivity index (χ2v) is 6.50. The van der Waals surface area contributed by atoms with Crippen LogP contribution in [0.4, 0.5) is 5.69 Å². The molecule has 6 nitrogen and oxygen atoms in total. The van der Waals surface area contributed by atoms with E-state index in [-0.39, 0.29) is 11.9 Å². The molecule has 0 saturated carbocycles. The fourth-order valence-corrected chi connectivity index (χ4v) is 3.61. The van der Waals surface area contributed by atoms with Crippen LogP contribution in [0.25, 0.3) is 0 Å². The van der Waals surface area contributed by atoms with Gasteiger partial charge in [-0.05, 0) is 24.9 Å². The predicted molar refractivity (Wildman–Crippen MR) is 105 cm³/mol. The summed E-state index contributed by atoms with van der Waals surface area (Å²) in [6, 6.07) is 14.1. The third-order valence-electron chi connectivity index (χ3n) is 4.84. The summed E-state index contributed by atoms with van der Waals surface area (Å²) in [7, 11) is 4.66. The molecule has 1 aliphatic rings. The van der Waals surface area contributed by atoms with Gasteiger partial charge in [0.05, 0.1) is 27.9 Å². The number of hydrogen-bond acceptors (Lipinski definition) is 5. The first-order valence-corrected chi connectivity index (χ1v) is 9.05. The number of methoxy groups -OCH3 is 3. The average Bonchev–Trinajstić information content (AvgIpc) is 3.15. The van der Waals surface area contributed by atoms with E-state index in [2.05, 4.69) is 22.3 Å². The number of carbonyl (C=O) groups is 1. The second kappa shape index (κ2) is 8.77. The molecule has 1 fully saturated rings. The number of rotatable bonds is 7. The van der Waals surface area contributed by atoms with E-state index in [0.29, 0.717) is 29.5 Å². The lowest BCUT2D eigenvalue weighted by Gasteiger charge is -2.24. The van der Waals surface area contributed by atoms with Crippen molar-refractivity contribution in [3.05, 3.63) is 48.0 Å². The number of carbonyl (C=O) groups excluding carboxylic acids is 1. The maximum absolute atomic E-state index is 12.6. The number of nitrogens with one attached hydrogen (secondary N) is 1. The van der Waals surface area contributed by atoms with Crippen LogP contribution >= 0.6 is 0 Å². The standard InChI is InChI=1S/C21H26N2O4/c1-25-18-12-16(13-19(26-2)21(18)27-3)22-20(24)14-23-11-7-10-17(23)15-8-5-4-6-9-15/h4-6,8-9,12-13,17H,7,10-11,14H2,1-3H3,(H,22,24). The first kappa shape index (κ1) is 19.0. The molecule has 0 aliphatic carbocycles. The molecule has 0 aromatic heterocycles. The highest BCUT2D eigenvalue weighted by Crippen LogP contribution is 2.40. The SMILES string of the molecule is COc1cc(NC(=O)CN2CCCC2c2ccccc2)cc(OC)c1OC. The van der Waals surface area contributed by atoms with Gasteiger partial charge in [-0.25, -0.2) is 0 Å². The van der Waals surface area contributed by atoms with Crippen molar-refractivity contribution in [3.63, 3.8) is 0 Å². The second-order valence-electron chi connectivity index (χ2n) is 6.50. The largest absolute Gasteiger partial charge is 0.493 e. The fourth-order valence-electron chi connectivity index (χ4n) is 3.61. The van der Waals surface area contributed by atoms with E-state index < -0.39 is 0 Å². The molecule has 1 amide bonds. The van der Waals surface area contributed by atoms with Crippen molar-refractivity contribution in [2.75, 3.05) is 39.7 Å². The lowest BCUT2D eigenvalue weighted by atomic mass is 10.0. The molecule has 0 bridgehead atoms. The molecule has 1 atom stereocenters. The van der Waals surface area contributed by atoms with E-state index in [0.717, 1.165) is 19.4 Å². The van der Waals surface area contributed by atoms with Crippen molar-refractivity contribution in [1.82, 2.24) is 4.90 Å². The summed E-state index contributed by atoms with van der Waals surface area (Å²) in [6.45, 7) is 1.26. The molecule has 1 saturated heterocycles. The minimum Gasteiger partial charge on any atom is -0.493 e.